The molecule has 0 atom stereocenters. The van der Waals surface area contributed by atoms with Crippen molar-refractivity contribution in [1.29, 1.82) is 0 Å². The number of benzene rings is 2. The number of ether oxygens (including phenoxy) is 1. The number of hydrogen-bond donors (Lipinski definition) is 0. The Morgan fingerprint density at radius 1 is 0.778 bits per heavy atom. The zero-order valence-corrected chi connectivity index (χ0v) is 10.7. The average molecular weight is 250 g/mol. The van der Waals surface area contributed by atoms with Gasteiger partial charge in [-0.15, -0.1) is 0 Å². The second-order valence-electron chi connectivity index (χ2n) is 3.52. The first kappa shape index (κ1) is 14.2. The molecule has 0 spiro atoms. The molecule has 2 aromatic carbocycles. The van der Waals surface area contributed by atoms with Crippen LogP contribution in [0.5, 0.6) is 11.5 Å². The minimum absolute atomic E-state index is 0.154. The molecule has 3 heteroatoms. The van der Waals surface area contributed by atoms with Crippen molar-refractivity contribution >= 4 is 0 Å². The van der Waals surface area contributed by atoms with E-state index in [-0.39, 0.29) is 5.75 Å². The predicted octanol–water partition coefficient (Wildman–Crippen LogP) is 5.09. The Morgan fingerprint density at radius 3 is 1.78 bits per heavy atom. The van der Waals surface area contributed by atoms with Crippen LogP contribution in [0.3, 0.4) is 0 Å². The zero-order chi connectivity index (χ0) is 13.5. The summed E-state index contributed by atoms with van der Waals surface area (Å²) < 4.78 is 31.1. The molecular weight excluding hydrogens is 234 g/mol. The van der Waals surface area contributed by atoms with Gasteiger partial charge in [-0.25, -0.2) is 8.78 Å². The van der Waals surface area contributed by atoms with Crippen molar-refractivity contribution in [1.82, 2.24) is 0 Å². The van der Waals surface area contributed by atoms with Crippen molar-refractivity contribution in [2.45, 2.75) is 20.8 Å². The van der Waals surface area contributed by atoms with E-state index in [0.717, 1.165) is 23.8 Å². The van der Waals surface area contributed by atoms with Gasteiger partial charge in [-0.2, -0.15) is 0 Å². The van der Waals surface area contributed by atoms with Crippen molar-refractivity contribution in [3.8, 4) is 11.5 Å². The highest BCUT2D eigenvalue weighted by atomic mass is 19.1. The molecule has 0 N–H and O–H groups in total. The topological polar surface area (TPSA) is 9.23 Å². The number of rotatable bonds is 2. The fourth-order valence-electron chi connectivity index (χ4n) is 1.33. The fraction of sp³-hybridized carbons (Fsp3) is 0.200. The Labute approximate surface area is 106 Å². The Kier molecular flexibility index (Phi) is 5.31. The third kappa shape index (κ3) is 4.17. The lowest BCUT2D eigenvalue weighted by Gasteiger charge is -2.06. The van der Waals surface area contributed by atoms with Gasteiger partial charge in [0.05, 0.1) is 0 Å². The molecule has 0 amide bonds. The van der Waals surface area contributed by atoms with E-state index >= 15 is 0 Å². The Morgan fingerprint density at radius 2 is 1.28 bits per heavy atom. The van der Waals surface area contributed by atoms with Crippen LogP contribution in [0.1, 0.15) is 19.4 Å². The van der Waals surface area contributed by atoms with Gasteiger partial charge < -0.3 is 4.74 Å². The Hall–Kier alpha value is -1.90. The van der Waals surface area contributed by atoms with Crippen LogP contribution >= 0.6 is 0 Å². The van der Waals surface area contributed by atoms with E-state index in [1.54, 1.807) is 12.1 Å². The molecule has 0 aliphatic rings. The lowest BCUT2D eigenvalue weighted by Crippen LogP contribution is -1.87. The molecule has 96 valence electrons. The third-order valence-corrected chi connectivity index (χ3v) is 2.09. The highest BCUT2D eigenvalue weighted by molar-refractivity contribution is 5.33. The number of halogens is 2. The maximum Gasteiger partial charge on any atom is 0.133 e. The lowest BCUT2D eigenvalue weighted by atomic mass is 10.2. The van der Waals surface area contributed by atoms with E-state index < -0.39 is 11.6 Å². The molecule has 0 bridgehead atoms. The molecule has 0 aromatic heterocycles. The van der Waals surface area contributed by atoms with Crippen LogP contribution in [0, 0.1) is 18.6 Å². The molecule has 2 aromatic rings. The lowest BCUT2D eigenvalue weighted by molar-refractivity contribution is 0.468. The zero-order valence-electron chi connectivity index (χ0n) is 10.7. The van der Waals surface area contributed by atoms with Gasteiger partial charge in [-0.05, 0) is 19.1 Å². The molecule has 0 saturated carbocycles. The largest absolute Gasteiger partial charge is 0.457 e. The van der Waals surface area contributed by atoms with Gasteiger partial charge in [0.2, 0.25) is 0 Å². The summed E-state index contributed by atoms with van der Waals surface area (Å²) in [5.74, 6) is -0.596. The summed E-state index contributed by atoms with van der Waals surface area (Å²) >= 11 is 0. The van der Waals surface area contributed by atoms with E-state index in [0.29, 0.717) is 5.75 Å². The first-order valence-corrected chi connectivity index (χ1v) is 5.84. The van der Waals surface area contributed by atoms with Crippen LogP contribution in [-0.4, -0.2) is 0 Å². The highest BCUT2D eigenvalue weighted by Gasteiger charge is 2.02. The molecule has 0 aliphatic carbocycles. The van der Waals surface area contributed by atoms with Crippen LogP contribution in [0.25, 0.3) is 0 Å². The standard InChI is InChI=1S/C13H10F2O.C2H6/c1-9-2-4-12(5-3-9)16-13-7-10(14)6-11(15)8-13;1-2/h2-8H,1H3;1-2H3. The van der Waals surface area contributed by atoms with E-state index in [1.165, 1.54) is 0 Å². The second kappa shape index (κ2) is 6.74. The Bertz CT molecular complexity index is 472. The molecule has 0 fully saturated rings. The highest BCUT2D eigenvalue weighted by Crippen LogP contribution is 2.23. The summed E-state index contributed by atoms with van der Waals surface area (Å²) in [4.78, 5) is 0. The van der Waals surface area contributed by atoms with Crippen molar-refractivity contribution in [3.63, 3.8) is 0 Å². The molecule has 0 aliphatic heterocycles. The van der Waals surface area contributed by atoms with Crippen LogP contribution < -0.4 is 4.74 Å². The SMILES string of the molecule is CC.Cc1ccc(Oc2cc(F)cc(F)c2)cc1. The first-order valence-electron chi connectivity index (χ1n) is 5.84. The summed E-state index contributed by atoms with van der Waals surface area (Å²) in [5.41, 5.74) is 1.10. The Balaban J connectivity index is 0.000000771. The third-order valence-electron chi connectivity index (χ3n) is 2.09. The van der Waals surface area contributed by atoms with Gasteiger partial charge in [0.15, 0.2) is 0 Å². The summed E-state index contributed by atoms with van der Waals surface area (Å²) in [6, 6.07) is 10.3. The van der Waals surface area contributed by atoms with Crippen molar-refractivity contribution in [2.75, 3.05) is 0 Å². The predicted molar refractivity (Wildman–Crippen MR) is 69.0 cm³/mol. The monoisotopic (exact) mass is 250 g/mol. The van der Waals surface area contributed by atoms with Gasteiger partial charge in [0.25, 0.3) is 0 Å². The van der Waals surface area contributed by atoms with Gasteiger partial charge in [-0.1, -0.05) is 31.5 Å². The molecule has 0 unspecified atom stereocenters. The first-order chi connectivity index (χ1) is 8.63. The van der Waals surface area contributed by atoms with Crippen LogP contribution in [0.2, 0.25) is 0 Å². The summed E-state index contributed by atoms with van der Waals surface area (Å²) in [5, 5.41) is 0. The van der Waals surface area contributed by atoms with E-state index in [9.17, 15) is 8.78 Å². The minimum atomic E-state index is -0.651. The van der Waals surface area contributed by atoms with Gasteiger partial charge >= 0.3 is 0 Å². The van der Waals surface area contributed by atoms with Gasteiger partial charge in [-0.3, -0.25) is 0 Å². The number of hydrogen-bond acceptors (Lipinski definition) is 1. The normalized spacial score (nSPS) is 9.39. The number of aryl methyl sites for hydroxylation is 1. The summed E-state index contributed by atoms with van der Waals surface area (Å²) in [7, 11) is 0. The van der Waals surface area contributed by atoms with E-state index in [2.05, 4.69) is 0 Å². The van der Waals surface area contributed by atoms with Crippen molar-refractivity contribution < 1.29 is 13.5 Å². The minimum Gasteiger partial charge on any atom is -0.457 e. The average Bonchev–Trinajstić information content (AvgIpc) is 2.33. The quantitative estimate of drug-likeness (QED) is 0.721. The summed E-state index contributed by atoms with van der Waals surface area (Å²) in [6.45, 7) is 5.95. The van der Waals surface area contributed by atoms with Gasteiger partial charge in [0, 0.05) is 18.2 Å². The maximum absolute atomic E-state index is 12.9. The molecule has 2 rings (SSSR count). The van der Waals surface area contributed by atoms with Crippen molar-refractivity contribution in [3.05, 3.63) is 59.7 Å². The van der Waals surface area contributed by atoms with Crippen LogP contribution in [0.4, 0.5) is 8.78 Å². The van der Waals surface area contributed by atoms with Crippen LogP contribution in [-0.2, 0) is 0 Å². The molecular formula is C15H16F2O. The molecule has 0 heterocycles. The van der Waals surface area contributed by atoms with Crippen LogP contribution in [0.15, 0.2) is 42.5 Å². The smallest absolute Gasteiger partial charge is 0.133 e. The summed E-state index contributed by atoms with van der Waals surface area (Å²) in [6.07, 6.45) is 0. The fourth-order valence-corrected chi connectivity index (χ4v) is 1.33. The second-order valence-corrected chi connectivity index (χ2v) is 3.52. The van der Waals surface area contributed by atoms with Gasteiger partial charge in [0.1, 0.15) is 23.1 Å². The van der Waals surface area contributed by atoms with E-state index in [4.69, 9.17) is 4.74 Å². The molecule has 1 nitrogen and oxygen atoms in total. The molecule has 0 radical (unpaired) electrons. The maximum atomic E-state index is 12.9. The van der Waals surface area contributed by atoms with Crippen molar-refractivity contribution in [2.24, 2.45) is 0 Å². The van der Waals surface area contributed by atoms with E-state index in [1.807, 2.05) is 32.9 Å². The molecule has 0 saturated heterocycles. The molecule has 18 heavy (non-hydrogen) atoms.